The third kappa shape index (κ3) is 3.73. The summed E-state index contributed by atoms with van der Waals surface area (Å²) < 4.78 is 7.58. The number of rotatable bonds is 4. The number of aryl methyl sites for hydroxylation is 2. The third-order valence-corrected chi connectivity index (χ3v) is 5.74. The Morgan fingerprint density at radius 2 is 1.96 bits per heavy atom. The van der Waals surface area contributed by atoms with E-state index in [2.05, 4.69) is 47.9 Å². The summed E-state index contributed by atoms with van der Waals surface area (Å²) in [6.07, 6.45) is 3.49. The van der Waals surface area contributed by atoms with Crippen molar-refractivity contribution in [3.63, 3.8) is 0 Å². The SMILES string of the molecule is Cc1cn([C@H]2C[C@H](S)[C@@H](CCc3ccc4ccccc4c3)O2)c(=O)[nH]c1=O. The van der Waals surface area contributed by atoms with Crippen LogP contribution in [-0.2, 0) is 11.2 Å². The van der Waals surface area contributed by atoms with E-state index in [1.807, 2.05) is 12.1 Å². The van der Waals surface area contributed by atoms with E-state index in [1.165, 1.54) is 20.9 Å². The number of nitrogens with one attached hydrogen (secondary N) is 1. The molecule has 27 heavy (non-hydrogen) atoms. The topological polar surface area (TPSA) is 64.1 Å². The molecule has 0 unspecified atom stereocenters. The molecule has 0 radical (unpaired) electrons. The minimum atomic E-state index is -0.439. The molecule has 3 atom stereocenters. The number of ether oxygens (including phenoxy) is 1. The second-order valence-electron chi connectivity index (χ2n) is 7.13. The molecule has 1 saturated heterocycles. The number of hydrogen-bond donors (Lipinski definition) is 2. The lowest BCUT2D eigenvalue weighted by atomic mass is 10.0. The minimum absolute atomic E-state index is 0.0380. The Hall–Kier alpha value is -2.31. The zero-order valence-corrected chi connectivity index (χ0v) is 16.0. The van der Waals surface area contributed by atoms with Gasteiger partial charge in [0.05, 0.1) is 6.10 Å². The van der Waals surface area contributed by atoms with E-state index in [0.29, 0.717) is 12.0 Å². The van der Waals surface area contributed by atoms with Crippen molar-refractivity contribution in [3.8, 4) is 0 Å². The standard InChI is InChI=1S/C21H22N2O3S/c1-13-12-23(21(25)22-20(13)24)19-11-18(27)17(26-19)9-7-14-6-8-15-4-2-3-5-16(15)10-14/h2-6,8,10,12,17-19,27H,7,9,11H2,1H3,(H,22,24,25)/t17-,18+,19-/m1/s1. The van der Waals surface area contributed by atoms with Crippen molar-refractivity contribution in [1.29, 1.82) is 0 Å². The summed E-state index contributed by atoms with van der Waals surface area (Å²) in [5.41, 5.74) is 0.961. The van der Waals surface area contributed by atoms with E-state index in [4.69, 9.17) is 4.74 Å². The number of benzene rings is 2. The molecule has 5 nitrogen and oxygen atoms in total. The maximum atomic E-state index is 12.1. The third-order valence-electron chi connectivity index (χ3n) is 5.19. The number of H-pyrrole nitrogens is 1. The van der Waals surface area contributed by atoms with Gasteiger partial charge in [0.1, 0.15) is 6.23 Å². The molecule has 6 heteroatoms. The van der Waals surface area contributed by atoms with E-state index >= 15 is 0 Å². The number of aromatic nitrogens is 2. The number of aromatic amines is 1. The van der Waals surface area contributed by atoms with Gasteiger partial charge in [0.25, 0.3) is 5.56 Å². The van der Waals surface area contributed by atoms with Crippen LogP contribution in [0.25, 0.3) is 10.8 Å². The van der Waals surface area contributed by atoms with E-state index in [9.17, 15) is 9.59 Å². The smallest absolute Gasteiger partial charge is 0.330 e. The van der Waals surface area contributed by atoms with Gasteiger partial charge in [-0.25, -0.2) is 4.79 Å². The second kappa shape index (κ2) is 7.37. The summed E-state index contributed by atoms with van der Waals surface area (Å²) >= 11 is 4.67. The molecular weight excluding hydrogens is 360 g/mol. The Morgan fingerprint density at radius 1 is 1.19 bits per heavy atom. The van der Waals surface area contributed by atoms with Crippen LogP contribution in [0.2, 0.25) is 0 Å². The van der Waals surface area contributed by atoms with E-state index < -0.39 is 11.9 Å². The molecule has 1 fully saturated rings. The normalized spacial score (nSPS) is 22.4. The van der Waals surface area contributed by atoms with Gasteiger partial charge in [-0.3, -0.25) is 14.3 Å². The molecule has 0 amide bonds. The Morgan fingerprint density at radius 3 is 2.78 bits per heavy atom. The van der Waals surface area contributed by atoms with Crippen molar-refractivity contribution < 1.29 is 4.74 Å². The number of fused-ring (bicyclic) bond motifs is 1. The lowest BCUT2D eigenvalue weighted by Gasteiger charge is -2.16. The molecule has 1 N–H and O–H groups in total. The van der Waals surface area contributed by atoms with Gasteiger partial charge in [0.15, 0.2) is 0 Å². The van der Waals surface area contributed by atoms with Crippen molar-refractivity contribution in [2.24, 2.45) is 0 Å². The van der Waals surface area contributed by atoms with Crippen LogP contribution in [0.5, 0.6) is 0 Å². The van der Waals surface area contributed by atoms with Crippen molar-refractivity contribution in [2.75, 3.05) is 0 Å². The monoisotopic (exact) mass is 382 g/mol. The maximum Gasteiger partial charge on any atom is 0.330 e. The van der Waals surface area contributed by atoms with Crippen molar-refractivity contribution in [2.45, 2.75) is 43.8 Å². The maximum absolute atomic E-state index is 12.1. The number of thiol groups is 1. The van der Waals surface area contributed by atoms with Crippen LogP contribution in [0.1, 0.15) is 30.2 Å². The Bertz CT molecular complexity index is 1090. The van der Waals surface area contributed by atoms with Crippen LogP contribution in [0.15, 0.2) is 58.3 Å². The first-order valence-electron chi connectivity index (χ1n) is 9.14. The Labute approximate surface area is 162 Å². The van der Waals surface area contributed by atoms with Gasteiger partial charge in [-0.05, 0) is 36.1 Å². The van der Waals surface area contributed by atoms with Gasteiger partial charge in [0, 0.05) is 23.4 Å². The molecule has 4 rings (SSSR count). The Kier molecular flexibility index (Phi) is 4.93. The van der Waals surface area contributed by atoms with Gasteiger partial charge in [-0.1, -0.05) is 42.5 Å². The molecule has 2 heterocycles. The van der Waals surface area contributed by atoms with Crippen molar-refractivity contribution in [1.82, 2.24) is 9.55 Å². The van der Waals surface area contributed by atoms with Crippen LogP contribution in [0.3, 0.4) is 0 Å². The molecule has 3 aromatic rings. The van der Waals surface area contributed by atoms with Crippen LogP contribution in [0, 0.1) is 6.92 Å². The quantitative estimate of drug-likeness (QED) is 0.681. The van der Waals surface area contributed by atoms with Crippen LogP contribution < -0.4 is 11.2 Å². The fourth-order valence-corrected chi connectivity index (χ4v) is 4.05. The second-order valence-corrected chi connectivity index (χ2v) is 7.79. The number of nitrogens with zero attached hydrogens (tertiary/aromatic N) is 1. The van der Waals surface area contributed by atoms with Gasteiger partial charge >= 0.3 is 5.69 Å². The average Bonchev–Trinajstić information content (AvgIpc) is 3.03. The highest BCUT2D eigenvalue weighted by Crippen LogP contribution is 2.33. The highest BCUT2D eigenvalue weighted by molar-refractivity contribution is 7.81. The van der Waals surface area contributed by atoms with Crippen molar-refractivity contribution in [3.05, 3.63) is 80.6 Å². The van der Waals surface area contributed by atoms with Crippen LogP contribution in [-0.4, -0.2) is 20.9 Å². The number of hydrogen-bond acceptors (Lipinski definition) is 4. The summed E-state index contributed by atoms with van der Waals surface area (Å²) in [7, 11) is 0. The summed E-state index contributed by atoms with van der Waals surface area (Å²) in [6, 6.07) is 14.8. The predicted molar refractivity (Wildman–Crippen MR) is 110 cm³/mol. The van der Waals surface area contributed by atoms with Crippen LogP contribution in [0.4, 0.5) is 0 Å². The first-order chi connectivity index (χ1) is 13.0. The fraction of sp³-hybridized carbons (Fsp3) is 0.333. The molecule has 1 aromatic heterocycles. The molecule has 1 aliphatic rings. The molecule has 0 spiro atoms. The van der Waals surface area contributed by atoms with Gasteiger partial charge < -0.3 is 4.74 Å². The summed E-state index contributed by atoms with van der Waals surface area (Å²) in [5, 5.41) is 2.52. The summed E-state index contributed by atoms with van der Waals surface area (Å²) in [6.45, 7) is 1.68. The van der Waals surface area contributed by atoms with Gasteiger partial charge in [0.2, 0.25) is 0 Å². The zero-order chi connectivity index (χ0) is 19.0. The molecule has 0 saturated carbocycles. The summed E-state index contributed by atoms with van der Waals surface area (Å²) in [4.78, 5) is 26.0. The van der Waals surface area contributed by atoms with Crippen LogP contribution >= 0.6 is 12.6 Å². The van der Waals surface area contributed by atoms with Gasteiger partial charge in [-0.15, -0.1) is 0 Å². The first-order valence-corrected chi connectivity index (χ1v) is 9.66. The largest absolute Gasteiger partial charge is 0.353 e. The highest BCUT2D eigenvalue weighted by Gasteiger charge is 2.34. The lowest BCUT2D eigenvalue weighted by molar-refractivity contribution is -0.00327. The van der Waals surface area contributed by atoms with E-state index in [-0.39, 0.29) is 16.9 Å². The van der Waals surface area contributed by atoms with Crippen molar-refractivity contribution >= 4 is 23.4 Å². The minimum Gasteiger partial charge on any atom is -0.353 e. The molecule has 140 valence electrons. The van der Waals surface area contributed by atoms with E-state index in [0.717, 1.165) is 12.8 Å². The predicted octanol–water partition coefficient (Wildman–Crippen LogP) is 3.22. The molecule has 1 aliphatic heterocycles. The lowest BCUT2D eigenvalue weighted by Crippen LogP contribution is -2.33. The van der Waals surface area contributed by atoms with Gasteiger partial charge in [-0.2, -0.15) is 12.6 Å². The molecular formula is C21H22N2O3S. The summed E-state index contributed by atoms with van der Waals surface area (Å²) in [5.74, 6) is 0. The Balaban J connectivity index is 1.46. The first kappa shape index (κ1) is 18.1. The van der Waals surface area contributed by atoms with E-state index in [1.54, 1.807) is 13.1 Å². The highest BCUT2D eigenvalue weighted by atomic mass is 32.1. The average molecular weight is 382 g/mol. The molecule has 2 aromatic carbocycles. The fourth-order valence-electron chi connectivity index (χ4n) is 3.65. The molecule has 0 aliphatic carbocycles. The zero-order valence-electron chi connectivity index (χ0n) is 15.1. The molecule has 0 bridgehead atoms.